The maximum Gasteiger partial charge on any atom is 0.264 e. The van der Waals surface area contributed by atoms with Crippen LogP contribution >= 0.6 is 0 Å². The standard InChI is InChI=1S/C7H17NO3S/c1-3-4-5-7(8)6-11-12(2,9)10/h7H,3-6,8H2,1-2H3/t7-/m0/s1. The first kappa shape index (κ1) is 11.9. The van der Waals surface area contributed by atoms with Gasteiger partial charge in [0, 0.05) is 6.04 Å². The van der Waals surface area contributed by atoms with Crippen molar-refractivity contribution in [2.24, 2.45) is 5.73 Å². The first-order valence-corrected chi connectivity index (χ1v) is 5.87. The summed E-state index contributed by atoms with van der Waals surface area (Å²) >= 11 is 0. The normalized spacial score (nSPS) is 14.6. The van der Waals surface area contributed by atoms with Crippen molar-refractivity contribution in [2.75, 3.05) is 12.9 Å². The van der Waals surface area contributed by atoms with Gasteiger partial charge < -0.3 is 5.73 Å². The minimum absolute atomic E-state index is 0.0961. The zero-order chi connectivity index (χ0) is 9.61. The molecule has 0 bridgehead atoms. The Balaban J connectivity index is 3.51. The first-order valence-electron chi connectivity index (χ1n) is 4.05. The fourth-order valence-corrected chi connectivity index (χ4v) is 1.18. The van der Waals surface area contributed by atoms with Crippen molar-refractivity contribution < 1.29 is 12.6 Å². The summed E-state index contributed by atoms with van der Waals surface area (Å²) in [6.07, 6.45) is 3.91. The van der Waals surface area contributed by atoms with E-state index in [4.69, 9.17) is 5.73 Å². The molecule has 0 unspecified atom stereocenters. The van der Waals surface area contributed by atoms with Crippen molar-refractivity contribution in [3.05, 3.63) is 0 Å². The molecule has 0 heterocycles. The van der Waals surface area contributed by atoms with E-state index >= 15 is 0 Å². The van der Waals surface area contributed by atoms with Crippen LogP contribution in [0.1, 0.15) is 26.2 Å². The molecule has 74 valence electrons. The lowest BCUT2D eigenvalue weighted by Crippen LogP contribution is -2.27. The summed E-state index contributed by atoms with van der Waals surface area (Å²) in [5, 5.41) is 0. The van der Waals surface area contributed by atoms with Crippen LogP contribution in [0.5, 0.6) is 0 Å². The van der Waals surface area contributed by atoms with Gasteiger partial charge in [-0.25, -0.2) is 0 Å². The molecule has 1 atom stereocenters. The number of unbranched alkanes of at least 4 members (excludes halogenated alkanes) is 1. The van der Waals surface area contributed by atoms with Gasteiger partial charge in [0.05, 0.1) is 12.9 Å². The smallest absolute Gasteiger partial charge is 0.264 e. The Morgan fingerprint density at radius 1 is 1.50 bits per heavy atom. The minimum Gasteiger partial charge on any atom is -0.326 e. The largest absolute Gasteiger partial charge is 0.326 e. The van der Waals surface area contributed by atoms with Gasteiger partial charge >= 0.3 is 0 Å². The van der Waals surface area contributed by atoms with Gasteiger partial charge in [-0.2, -0.15) is 8.42 Å². The van der Waals surface area contributed by atoms with Gasteiger partial charge in [0.25, 0.3) is 10.1 Å². The number of hydrogen-bond acceptors (Lipinski definition) is 4. The van der Waals surface area contributed by atoms with Gasteiger partial charge in [-0.15, -0.1) is 0 Å². The molecule has 0 aliphatic heterocycles. The van der Waals surface area contributed by atoms with Crippen LogP contribution in [0.15, 0.2) is 0 Å². The van der Waals surface area contributed by atoms with Crippen LogP contribution in [0.3, 0.4) is 0 Å². The zero-order valence-electron chi connectivity index (χ0n) is 7.62. The second-order valence-electron chi connectivity index (χ2n) is 2.89. The average molecular weight is 195 g/mol. The van der Waals surface area contributed by atoms with Crippen molar-refractivity contribution in [2.45, 2.75) is 32.2 Å². The molecule has 0 fully saturated rings. The van der Waals surface area contributed by atoms with E-state index in [0.717, 1.165) is 25.5 Å². The Morgan fingerprint density at radius 2 is 2.08 bits per heavy atom. The summed E-state index contributed by atoms with van der Waals surface area (Å²) in [4.78, 5) is 0. The summed E-state index contributed by atoms with van der Waals surface area (Å²) < 4.78 is 25.6. The van der Waals surface area contributed by atoms with Gasteiger partial charge in [-0.3, -0.25) is 4.18 Å². The fourth-order valence-electron chi connectivity index (χ4n) is 0.761. The molecule has 5 heteroatoms. The topological polar surface area (TPSA) is 69.4 Å². The molecule has 0 aromatic carbocycles. The van der Waals surface area contributed by atoms with Crippen LogP contribution in [0.2, 0.25) is 0 Å². The van der Waals surface area contributed by atoms with Crippen molar-refractivity contribution in [1.82, 2.24) is 0 Å². The molecule has 0 rings (SSSR count). The lowest BCUT2D eigenvalue weighted by molar-refractivity contribution is 0.286. The summed E-state index contributed by atoms with van der Waals surface area (Å²) in [6.45, 7) is 2.16. The minimum atomic E-state index is -3.32. The van der Waals surface area contributed by atoms with E-state index < -0.39 is 10.1 Å². The molecule has 0 aliphatic carbocycles. The third-order valence-electron chi connectivity index (χ3n) is 1.42. The maximum absolute atomic E-state index is 10.5. The summed E-state index contributed by atoms with van der Waals surface area (Å²) in [7, 11) is -3.32. The zero-order valence-corrected chi connectivity index (χ0v) is 8.43. The highest BCUT2D eigenvalue weighted by Gasteiger charge is 2.06. The third-order valence-corrected chi connectivity index (χ3v) is 1.99. The van der Waals surface area contributed by atoms with Gasteiger partial charge in [0.15, 0.2) is 0 Å². The molecular weight excluding hydrogens is 178 g/mol. The third kappa shape index (κ3) is 7.97. The van der Waals surface area contributed by atoms with Crippen LogP contribution in [-0.2, 0) is 14.3 Å². The van der Waals surface area contributed by atoms with Crippen molar-refractivity contribution in [3.8, 4) is 0 Å². The quantitative estimate of drug-likeness (QED) is 0.626. The molecule has 0 saturated carbocycles. The molecule has 0 spiro atoms. The predicted octanol–water partition coefficient (Wildman–Crippen LogP) is 0.480. The predicted molar refractivity (Wildman–Crippen MR) is 48.3 cm³/mol. The molecule has 0 aromatic rings. The van der Waals surface area contributed by atoms with Crippen LogP contribution in [-0.4, -0.2) is 27.3 Å². The lowest BCUT2D eigenvalue weighted by atomic mass is 10.1. The van der Waals surface area contributed by atoms with E-state index in [1.165, 1.54) is 0 Å². The number of hydrogen-bond donors (Lipinski definition) is 1. The second-order valence-corrected chi connectivity index (χ2v) is 4.53. The Morgan fingerprint density at radius 3 is 2.50 bits per heavy atom. The van der Waals surface area contributed by atoms with Crippen molar-refractivity contribution >= 4 is 10.1 Å². The van der Waals surface area contributed by atoms with E-state index in [-0.39, 0.29) is 12.6 Å². The second kappa shape index (κ2) is 5.50. The van der Waals surface area contributed by atoms with Gasteiger partial charge in [0.2, 0.25) is 0 Å². The molecule has 0 radical (unpaired) electrons. The van der Waals surface area contributed by atoms with Crippen LogP contribution < -0.4 is 5.73 Å². The Hall–Kier alpha value is -0.130. The maximum atomic E-state index is 10.5. The SMILES string of the molecule is CCCC[C@H](N)COS(C)(=O)=O. The van der Waals surface area contributed by atoms with E-state index in [2.05, 4.69) is 11.1 Å². The summed E-state index contributed by atoms with van der Waals surface area (Å²) in [6, 6.07) is -0.167. The Bertz CT molecular complexity index is 201. The highest BCUT2D eigenvalue weighted by Crippen LogP contribution is 1.99. The highest BCUT2D eigenvalue weighted by atomic mass is 32.2. The van der Waals surface area contributed by atoms with Gasteiger partial charge in [-0.05, 0) is 6.42 Å². The average Bonchev–Trinajstić information content (AvgIpc) is 1.95. The first-order chi connectivity index (χ1) is 5.45. The lowest BCUT2D eigenvalue weighted by Gasteiger charge is -2.09. The fraction of sp³-hybridized carbons (Fsp3) is 1.00. The Kier molecular flexibility index (Phi) is 5.44. The van der Waals surface area contributed by atoms with Crippen LogP contribution in [0, 0.1) is 0 Å². The molecule has 2 N–H and O–H groups in total. The number of rotatable bonds is 6. The van der Waals surface area contributed by atoms with E-state index in [1.807, 2.05) is 0 Å². The van der Waals surface area contributed by atoms with Gasteiger partial charge in [-0.1, -0.05) is 19.8 Å². The number of nitrogens with two attached hydrogens (primary N) is 1. The van der Waals surface area contributed by atoms with E-state index in [1.54, 1.807) is 0 Å². The van der Waals surface area contributed by atoms with Crippen molar-refractivity contribution in [3.63, 3.8) is 0 Å². The highest BCUT2D eigenvalue weighted by molar-refractivity contribution is 7.85. The van der Waals surface area contributed by atoms with E-state index in [0.29, 0.717) is 0 Å². The molecule has 12 heavy (non-hydrogen) atoms. The van der Waals surface area contributed by atoms with Gasteiger partial charge in [0.1, 0.15) is 0 Å². The molecule has 0 amide bonds. The molecule has 4 nitrogen and oxygen atoms in total. The van der Waals surface area contributed by atoms with Crippen molar-refractivity contribution in [1.29, 1.82) is 0 Å². The van der Waals surface area contributed by atoms with Crippen LogP contribution in [0.25, 0.3) is 0 Å². The monoisotopic (exact) mass is 195 g/mol. The van der Waals surface area contributed by atoms with Crippen LogP contribution in [0.4, 0.5) is 0 Å². The molecular formula is C7H17NO3S. The summed E-state index contributed by atoms with van der Waals surface area (Å²) in [5.74, 6) is 0. The summed E-state index contributed by atoms with van der Waals surface area (Å²) in [5.41, 5.74) is 5.58. The van der Waals surface area contributed by atoms with E-state index in [9.17, 15) is 8.42 Å². The Labute approximate surface area is 74.2 Å². The molecule has 0 aromatic heterocycles. The molecule has 0 aliphatic rings. The molecule has 0 saturated heterocycles.